The maximum absolute atomic E-state index is 13.2. The van der Waals surface area contributed by atoms with Crippen LogP contribution in [0, 0.1) is 0 Å². The zero-order valence-corrected chi connectivity index (χ0v) is 37.8. The molecule has 0 spiro atoms. The summed E-state index contributed by atoms with van der Waals surface area (Å²) >= 11 is 0. The van der Waals surface area contributed by atoms with E-state index in [1.54, 1.807) is 0 Å². The van der Waals surface area contributed by atoms with E-state index in [4.69, 9.17) is 4.74 Å². The first kappa shape index (κ1) is 54.6. The van der Waals surface area contributed by atoms with Crippen LogP contribution in [0.5, 0.6) is 0 Å². The summed E-state index contributed by atoms with van der Waals surface area (Å²) in [6, 6.07) is -0.695. The van der Waals surface area contributed by atoms with E-state index in [-0.39, 0.29) is 24.9 Å². The molecule has 0 aromatic carbocycles. The van der Waals surface area contributed by atoms with Crippen molar-refractivity contribution < 1.29 is 24.5 Å². The van der Waals surface area contributed by atoms with E-state index in [1.165, 1.54) is 173 Å². The maximum Gasteiger partial charge on any atom is 0.306 e. The zero-order valence-electron chi connectivity index (χ0n) is 37.8. The summed E-state index contributed by atoms with van der Waals surface area (Å²) in [5, 5.41) is 23.7. The Morgan fingerprint density at radius 1 is 0.500 bits per heavy atom. The molecule has 0 radical (unpaired) electrons. The number of carbonyl (C=O) groups is 2. The van der Waals surface area contributed by atoms with E-state index in [9.17, 15) is 19.8 Å². The van der Waals surface area contributed by atoms with Crippen LogP contribution in [0.2, 0.25) is 0 Å². The molecule has 56 heavy (non-hydrogen) atoms. The standard InChI is InChI=1S/C50H97NO5/c1-4-7-10-13-16-19-22-24-25-27-29-32-35-38-41-46(56-50(55)43-40-37-34-31-26-21-18-15-12-9-6-3)44-49(54)51-47(45-52)48(53)42-39-36-33-30-28-23-20-17-14-11-8-5-2/h15,18,46-48,52-53H,4-14,16-17,19-45H2,1-3H3,(H,51,54)/b18-15-. The van der Waals surface area contributed by atoms with Gasteiger partial charge in [-0.15, -0.1) is 0 Å². The number of nitrogens with one attached hydrogen (secondary N) is 1. The predicted molar refractivity (Wildman–Crippen MR) is 241 cm³/mol. The molecular weight excluding hydrogens is 695 g/mol. The maximum atomic E-state index is 13.2. The van der Waals surface area contributed by atoms with E-state index < -0.39 is 18.2 Å². The quantitative estimate of drug-likeness (QED) is 0.0324. The first-order valence-electron chi connectivity index (χ1n) is 24.9. The lowest BCUT2D eigenvalue weighted by molar-refractivity contribution is -0.151. The molecule has 0 aliphatic rings. The van der Waals surface area contributed by atoms with Gasteiger partial charge in [0, 0.05) is 6.42 Å². The lowest BCUT2D eigenvalue weighted by atomic mass is 10.0. The summed E-state index contributed by atoms with van der Waals surface area (Å²) in [5.74, 6) is -0.470. The Hall–Kier alpha value is -1.40. The van der Waals surface area contributed by atoms with E-state index in [0.29, 0.717) is 19.3 Å². The van der Waals surface area contributed by atoms with Crippen LogP contribution in [-0.4, -0.2) is 46.9 Å². The van der Waals surface area contributed by atoms with Crippen molar-refractivity contribution in [2.24, 2.45) is 0 Å². The number of hydrogen-bond donors (Lipinski definition) is 3. The summed E-state index contributed by atoms with van der Waals surface area (Å²) < 4.78 is 5.92. The second kappa shape index (κ2) is 44.7. The van der Waals surface area contributed by atoms with Crippen LogP contribution >= 0.6 is 0 Å². The Bertz CT molecular complexity index is 847. The molecule has 0 aliphatic heterocycles. The lowest BCUT2D eigenvalue weighted by Crippen LogP contribution is -2.46. The molecule has 3 N–H and O–H groups in total. The number of ether oxygens (including phenoxy) is 1. The Kier molecular flexibility index (Phi) is 43.6. The van der Waals surface area contributed by atoms with Gasteiger partial charge in [-0.1, -0.05) is 226 Å². The van der Waals surface area contributed by atoms with Gasteiger partial charge in [0.2, 0.25) is 5.91 Å². The van der Waals surface area contributed by atoms with Gasteiger partial charge < -0.3 is 20.3 Å². The Balaban J connectivity index is 4.55. The monoisotopic (exact) mass is 792 g/mol. The van der Waals surface area contributed by atoms with Gasteiger partial charge in [0.25, 0.3) is 0 Å². The predicted octanol–water partition coefficient (Wildman–Crippen LogP) is 14.6. The second-order valence-electron chi connectivity index (χ2n) is 17.2. The molecule has 0 rings (SSSR count). The average Bonchev–Trinajstić information content (AvgIpc) is 3.19. The Labute approximate surface area is 349 Å². The average molecular weight is 792 g/mol. The molecule has 6 heteroatoms. The summed E-state index contributed by atoms with van der Waals surface area (Å²) in [7, 11) is 0. The molecule has 3 atom stereocenters. The van der Waals surface area contributed by atoms with Gasteiger partial charge in [-0.25, -0.2) is 0 Å². The number of aliphatic hydroxyl groups excluding tert-OH is 2. The van der Waals surface area contributed by atoms with Crippen LogP contribution in [0.4, 0.5) is 0 Å². The van der Waals surface area contributed by atoms with Crippen molar-refractivity contribution in [3.63, 3.8) is 0 Å². The molecule has 0 heterocycles. The first-order valence-corrected chi connectivity index (χ1v) is 24.9. The fraction of sp³-hybridized carbons (Fsp3) is 0.920. The van der Waals surface area contributed by atoms with Crippen LogP contribution < -0.4 is 5.32 Å². The van der Waals surface area contributed by atoms with Crippen LogP contribution in [0.25, 0.3) is 0 Å². The fourth-order valence-corrected chi connectivity index (χ4v) is 7.77. The molecule has 0 saturated carbocycles. The highest BCUT2D eigenvalue weighted by Crippen LogP contribution is 2.18. The van der Waals surface area contributed by atoms with Gasteiger partial charge in [-0.2, -0.15) is 0 Å². The van der Waals surface area contributed by atoms with Crippen molar-refractivity contribution >= 4 is 11.9 Å². The van der Waals surface area contributed by atoms with Crippen LogP contribution in [0.15, 0.2) is 12.2 Å². The van der Waals surface area contributed by atoms with Gasteiger partial charge in [-0.05, 0) is 44.9 Å². The number of amides is 1. The van der Waals surface area contributed by atoms with Gasteiger partial charge in [0.15, 0.2) is 0 Å². The van der Waals surface area contributed by atoms with Crippen molar-refractivity contribution in [1.82, 2.24) is 5.32 Å². The number of hydrogen-bond acceptors (Lipinski definition) is 5. The molecule has 332 valence electrons. The van der Waals surface area contributed by atoms with Crippen molar-refractivity contribution in [3.05, 3.63) is 12.2 Å². The molecule has 6 nitrogen and oxygen atoms in total. The van der Waals surface area contributed by atoms with E-state index in [0.717, 1.165) is 51.4 Å². The Morgan fingerprint density at radius 3 is 1.32 bits per heavy atom. The summed E-state index contributed by atoms with van der Waals surface area (Å²) in [4.78, 5) is 26.0. The van der Waals surface area contributed by atoms with Gasteiger partial charge in [-0.3, -0.25) is 9.59 Å². The summed E-state index contributed by atoms with van der Waals surface area (Å²) in [6.07, 6.45) is 48.4. The fourth-order valence-electron chi connectivity index (χ4n) is 7.77. The lowest BCUT2D eigenvalue weighted by Gasteiger charge is -2.24. The molecule has 0 aliphatic carbocycles. The number of aliphatic hydroxyl groups is 2. The molecular formula is C50H97NO5. The molecule has 0 aromatic heterocycles. The van der Waals surface area contributed by atoms with Gasteiger partial charge in [0.1, 0.15) is 6.10 Å². The minimum absolute atomic E-state index is 0.0811. The minimum Gasteiger partial charge on any atom is -0.462 e. The van der Waals surface area contributed by atoms with Crippen LogP contribution in [0.1, 0.15) is 271 Å². The molecule has 3 unspecified atom stereocenters. The summed E-state index contributed by atoms with van der Waals surface area (Å²) in [6.45, 7) is 6.46. The number of unbranched alkanes of at least 4 members (excludes halogenated alkanes) is 31. The van der Waals surface area contributed by atoms with Crippen molar-refractivity contribution in [1.29, 1.82) is 0 Å². The van der Waals surface area contributed by atoms with E-state index in [2.05, 4.69) is 38.2 Å². The third-order valence-corrected chi connectivity index (χ3v) is 11.6. The summed E-state index contributed by atoms with van der Waals surface area (Å²) in [5.41, 5.74) is 0. The number of allylic oxidation sites excluding steroid dienone is 2. The SMILES string of the molecule is CCCC/C=C\CCCCCCCC(=O)OC(CCCCCCCCCCCCCCCC)CC(=O)NC(CO)C(O)CCCCCCCCCCCCCC. The number of rotatable bonds is 45. The highest BCUT2D eigenvalue weighted by molar-refractivity contribution is 5.77. The van der Waals surface area contributed by atoms with Crippen molar-refractivity contribution in [2.75, 3.05) is 6.61 Å². The largest absolute Gasteiger partial charge is 0.462 e. The smallest absolute Gasteiger partial charge is 0.306 e. The minimum atomic E-state index is -0.782. The molecule has 0 aromatic rings. The number of carbonyl (C=O) groups excluding carboxylic acids is 2. The third kappa shape index (κ3) is 39.4. The highest BCUT2D eigenvalue weighted by Gasteiger charge is 2.24. The first-order chi connectivity index (χ1) is 27.5. The van der Waals surface area contributed by atoms with E-state index >= 15 is 0 Å². The topological polar surface area (TPSA) is 95.9 Å². The number of esters is 1. The highest BCUT2D eigenvalue weighted by atomic mass is 16.5. The Morgan fingerprint density at radius 2 is 0.875 bits per heavy atom. The van der Waals surface area contributed by atoms with E-state index in [1.807, 2.05) is 0 Å². The van der Waals surface area contributed by atoms with Crippen molar-refractivity contribution in [3.8, 4) is 0 Å². The van der Waals surface area contributed by atoms with Crippen LogP contribution in [-0.2, 0) is 14.3 Å². The van der Waals surface area contributed by atoms with Crippen LogP contribution in [0.3, 0.4) is 0 Å². The molecule has 0 bridgehead atoms. The van der Waals surface area contributed by atoms with Gasteiger partial charge in [0.05, 0.1) is 25.2 Å². The third-order valence-electron chi connectivity index (χ3n) is 11.6. The molecule has 1 amide bonds. The zero-order chi connectivity index (χ0) is 41.0. The molecule has 0 saturated heterocycles. The van der Waals surface area contributed by atoms with Crippen molar-refractivity contribution in [2.45, 2.75) is 289 Å². The van der Waals surface area contributed by atoms with Gasteiger partial charge >= 0.3 is 5.97 Å². The normalized spacial score (nSPS) is 13.3. The molecule has 0 fully saturated rings. The second-order valence-corrected chi connectivity index (χ2v) is 17.2.